The molecule has 3 aromatic heterocycles. The highest BCUT2D eigenvalue weighted by molar-refractivity contribution is 5.89. The third kappa shape index (κ3) is 7.09. The summed E-state index contributed by atoms with van der Waals surface area (Å²) in [5, 5.41) is 55.1. The molecule has 7 rings (SSSR count). The average Bonchev–Trinajstić information content (AvgIpc) is 3.89. The number of hydrogen-bond donors (Lipinski definition) is 8. The van der Waals surface area contributed by atoms with E-state index >= 15 is 0 Å². The quantitative estimate of drug-likeness (QED) is 0.0967. The summed E-state index contributed by atoms with van der Waals surface area (Å²) in [6.07, 6.45) is 2.86. The summed E-state index contributed by atoms with van der Waals surface area (Å²) >= 11 is 0. The predicted octanol–water partition coefficient (Wildman–Crippen LogP) is 1.11. The number of urea groups is 1. The Balaban J connectivity index is 1.20. The molecule has 52 heavy (non-hydrogen) atoms. The molecule has 16 heteroatoms. The van der Waals surface area contributed by atoms with Crippen molar-refractivity contribution < 1.29 is 30.0 Å². The molecule has 8 N–H and O–H groups in total. The Morgan fingerprint density at radius 3 is 2.33 bits per heavy atom. The van der Waals surface area contributed by atoms with Crippen LogP contribution in [-0.4, -0.2) is 107 Å². The zero-order valence-electron chi connectivity index (χ0n) is 28.1. The van der Waals surface area contributed by atoms with Gasteiger partial charge in [-0.2, -0.15) is 9.97 Å². The lowest BCUT2D eigenvalue weighted by Crippen LogP contribution is -2.44. The Hall–Kier alpha value is -5.68. The van der Waals surface area contributed by atoms with E-state index in [-0.39, 0.29) is 25.0 Å². The van der Waals surface area contributed by atoms with E-state index < -0.39 is 42.4 Å². The van der Waals surface area contributed by atoms with E-state index in [1.807, 2.05) is 65.6 Å². The summed E-state index contributed by atoms with van der Waals surface area (Å²) < 4.78 is 1.65. The van der Waals surface area contributed by atoms with Gasteiger partial charge in [0, 0.05) is 25.3 Å². The van der Waals surface area contributed by atoms with Gasteiger partial charge in [-0.15, -0.1) is 0 Å². The number of nitrogens with one attached hydrogen (secondary N) is 4. The molecule has 16 nitrogen and oxygen atoms in total. The van der Waals surface area contributed by atoms with Crippen molar-refractivity contribution >= 4 is 40.6 Å². The van der Waals surface area contributed by atoms with Gasteiger partial charge in [-0.1, -0.05) is 60.7 Å². The van der Waals surface area contributed by atoms with Crippen LogP contribution in [0.5, 0.6) is 0 Å². The molecule has 0 radical (unpaired) electrons. The van der Waals surface area contributed by atoms with Crippen molar-refractivity contribution in [1.29, 1.82) is 0 Å². The van der Waals surface area contributed by atoms with Crippen LogP contribution in [0.25, 0.3) is 11.2 Å². The van der Waals surface area contributed by atoms with E-state index in [9.17, 15) is 30.0 Å². The molecular weight excluding hydrogens is 668 g/mol. The average molecular weight is 709 g/mol. The minimum atomic E-state index is -1.46. The van der Waals surface area contributed by atoms with Crippen molar-refractivity contribution in [3.8, 4) is 0 Å². The molecule has 1 aliphatic heterocycles. The largest absolute Gasteiger partial charge is 0.388 e. The molecule has 3 amide bonds. The first-order chi connectivity index (χ1) is 25.2. The van der Waals surface area contributed by atoms with E-state index in [0.29, 0.717) is 59.3 Å². The monoisotopic (exact) mass is 708 g/mol. The van der Waals surface area contributed by atoms with Crippen LogP contribution in [0, 0.1) is 0 Å². The first-order valence-electron chi connectivity index (χ1n) is 17.0. The van der Waals surface area contributed by atoms with Gasteiger partial charge in [0.15, 0.2) is 17.0 Å². The second-order valence-electron chi connectivity index (χ2n) is 13.0. The molecule has 2 aliphatic rings. The maximum Gasteiger partial charge on any atom is 0.319 e. The molecule has 2 fully saturated rings. The molecule has 0 bridgehead atoms. The van der Waals surface area contributed by atoms with Crippen LogP contribution >= 0.6 is 0 Å². The van der Waals surface area contributed by atoms with Crippen molar-refractivity contribution in [2.45, 2.75) is 48.8 Å². The van der Waals surface area contributed by atoms with Gasteiger partial charge in [0.2, 0.25) is 11.9 Å². The summed E-state index contributed by atoms with van der Waals surface area (Å²) in [6, 6.07) is 19.9. The van der Waals surface area contributed by atoms with E-state index in [1.54, 1.807) is 29.1 Å². The number of imidazole rings is 1. The third-order valence-corrected chi connectivity index (χ3v) is 9.65. The Bertz CT molecular complexity index is 1960. The normalized spacial score (nSPS) is 21.6. The number of aliphatic hydroxyl groups is 4. The molecule has 4 heterocycles. The smallest absolute Gasteiger partial charge is 0.319 e. The predicted molar refractivity (Wildman–Crippen MR) is 191 cm³/mol. The number of benzene rings is 2. The summed E-state index contributed by atoms with van der Waals surface area (Å²) in [6.45, 7) is 0.184. The van der Waals surface area contributed by atoms with Crippen LogP contribution in [-0.2, 0) is 10.4 Å². The molecule has 0 unspecified atom stereocenters. The second-order valence-corrected chi connectivity index (χ2v) is 13.0. The fraction of sp³-hybridized carbons (Fsp3) is 0.333. The van der Waals surface area contributed by atoms with Crippen molar-refractivity contribution in [1.82, 2.24) is 35.1 Å². The summed E-state index contributed by atoms with van der Waals surface area (Å²) in [5.41, 5.74) is 1.16. The van der Waals surface area contributed by atoms with E-state index in [2.05, 4.69) is 31.2 Å². The third-order valence-electron chi connectivity index (χ3n) is 9.65. The first-order valence-corrected chi connectivity index (χ1v) is 17.0. The maximum absolute atomic E-state index is 12.8. The molecule has 2 aromatic carbocycles. The van der Waals surface area contributed by atoms with Gasteiger partial charge in [0.25, 0.3) is 0 Å². The second kappa shape index (κ2) is 14.9. The number of aliphatic hydroxyl groups excluding tert-OH is 3. The molecular formula is C36H40N10O6. The Labute approximate surface area is 298 Å². The number of rotatable bonds is 11. The number of hydrogen-bond acceptors (Lipinski definition) is 12. The number of anilines is 3. The number of carbonyl (C=O) groups is 2. The molecule has 5 atom stereocenters. The van der Waals surface area contributed by atoms with Crippen molar-refractivity contribution in [3.63, 3.8) is 0 Å². The van der Waals surface area contributed by atoms with Gasteiger partial charge in [0.05, 0.1) is 36.8 Å². The Morgan fingerprint density at radius 1 is 0.923 bits per heavy atom. The molecule has 0 spiro atoms. The van der Waals surface area contributed by atoms with Gasteiger partial charge < -0.3 is 51.2 Å². The van der Waals surface area contributed by atoms with E-state index in [0.717, 1.165) is 0 Å². The fourth-order valence-electron chi connectivity index (χ4n) is 6.95. The number of pyridine rings is 1. The van der Waals surface area contributed by atoms with Crippen molar-refractivity contribution in [2.75, 3.05) is 41.8 Å². The minimum absolute atomic E-state index is 0.0121. The van der Waals surface area contributed by atoms with Crippen LogP contribution in [0.4, 0.5) is 22.2 Å². The zero-order valence-corrected chi connectivity index (χ0v) is 28.1. The Kier molecular flexibility index (Phi) is 9.95. The standard InChI is InChI=1S/C36H40N10O6/c47-19-28(48)42-26-16-27(31(50)30(26)49)46-21-39-29-32(38-20-36(52,22-8-3-1-4-9-22)23-10-5-2-6-11-23)43-34(44-33(29)46)45-15-13-25(18-45)41-35(51)40-24-12-7-14-37-17-24/h1-12,14,17,21,25-27,30-31,47,49-50,52H,13,15-16,18-20H2,(H,42,48)(H,38,43,44)(H2,40,41,51)/t25-,26+,27-,30-,31+/m1/s1. The highest BCUT2D eigenvalue weighted by Crippen LogP contribution is 2.36. The molecule has 270 valence electrons. The van der Waals surface area contributed by atoms with Crippen LogP contribution in [0.3, 0.4) is 0 Å². The number of nitrogens with zero attached hydrogens (tertiary/aromatic N) is 6. The molecule has 5 aromatic rings. The fourth-order valence-corrected chi connectivity index (χ4v) is 6.95. The maximum atomic E-state index is 12.8. The highest BCUT2D eigenvalue weighted by atomic mass is 16.3. The summed E-state index contributed by atoms with van der Waals surface area (Å²) in [7, 11) is 0. The van der Waals surface area contributed by atoms with Crippen molar-refractivity contribution in [3.05, 3.63) is 103 Å². The SMILES string of the molecule is O=C(CO)N[C@H]1C[C@@H](n2cnc3c(NCC(O)(c4ccccc4)c4ccccc4)nc(N4CC[C@@H](NC(=O)Nc5cccnc5)C4)nc32)[C@H](O)[C@@H]1O. The van der Waals surface area contributed by atoms with Crippen LogP contribution in [0.1, 0.15) is 30.0 Å². The highest BCUT2D eigenvalue weighted by Gasteiger charge is 2.44. The van der Waals surface area contributed by atoms with Gasteiger partial charge in [0.1, 0.15) is 24.4 Å². The topological polar surface area (TPSA) is 223 Å². The zero-order chi connectivity index (χ0) is 36.2. The lowest BCUT2D eigenvalue weighted by molar-refractivity contribution is -0.125. The Morgan fingerprint density at radius 2 is 1.65 bits per heavy atom. The number of carbonyl (C=O) groups excluding carboxylic acids is 2. The molecule has 1 saturated carbocycles. The molecule has 1 aliphatic carbocycles. The van der Waals surface area contributed by atoms with Crippen LogP contribution in [0.2, 0.25) is 0 Å². The summed E-state index contributed by atoms with van der Waals surface area (Å²) in [5.74, 6) is -0.0121. The lowest BCUT2D eigenvalue weighted by atomic mass is 9.86. The van der Waals surface area contributed by atoms with Crippen molar-refractivity contribution in [2.24, 2.45) is 0 Å². The van der Waals surface area contributed by atoms with E-state index in [4.69, 9.17) is 9.97 Å². The minimum Gasteiger partial charge on any atom is -0.388 e. The molecule has 1 saturated heterocycles. The van der Waals surface area contributed by atoms with Crippen LogP contribution < -0.4 is 26.2 Å². The first kappa shape index (κ1) is 34.8. The van der Waals surface area contributed by atoms with Gasteiger partial charge in [-0.25, -0.2) is 9.78 Å². The van der Waals surface area contributed by atoms with Gasteiger partial charge in [-0.3, -0.25) is 9.78 Å². The van der Waals surface area contributed by atoms with Crippen LogP contribution in [0.15, 0.2) is 91.5 Å². The lowest BCUT2D eigenvalue weighted by Gasteiger charge is -2.30. The van der Waals surface area contributed by atoms with Gasteiger partial charge in [-0.05, 0) is 36.1 Å². The number of fused-ring (bicyclic) bond motifs is 1. The number of aromatic nitrogens is 5. The number of amides is 3. The van der Waals surface area contributed by atoms with E-state index in [1.165, 1.54) is 6.33 Å². The van der Waals surface area contributed by atoms with Gasteiger partial charge >= 0.3 is 6.03 Å². The summed E-state index contributed by atoms with van der Waals surface area (Å²) in [4.78, 5) is 45.0.